The van der Waals surface area contributed by atoms with E-state index >= 15 is 0 Å². The molecule has 2 heterocycles. The highest BCUT2D eigenvalue weighted by Crippen LogP contribution is 2.22. The molecule has 7 heteroatoms. The van der Waals surface area contributed by atoms with Crippen LogP contribution in [0.1, 0.15) is 53.4 Å². The summed E-state index contributed by atoms with van der Waals surface area (Å²) in [5, 5.41) is 5.69. The van der Waals surface area contributed by atoms with E-state index in [1.54, 1.807) is 4.90 Å². The average Bonchev–Trinajstić information content (AvgIpc) is 2.48. The molecule has 3 unspecified atom stereocenters. The second kappa shape index (κ2) is 7.51. The number of piperidine rings is 2. The van der Waals surface area contributed by atoms with Crippen molar-refractivity contribution in [2.24, 2.45) is 5.92 Å². The molecule has 3 atom stereocenters. The first-order valence-corrected chi connectivity index (χ1v) is 8.73. The van der Waals surface area contributed by atoms with Crippen molar-refractivity contribution in [2.45, 2.75) is 71.1 Å². The molecule has 2 N–H and O–H groups in total. The van der Waals surface area contributed by atoms with Gasteiger partial charge in [-0.15, -0.1) is 0 Å². The predicted octanol–water partition coefficient (Wildman–Crippen LogP) is 1.42. The number of carbonyl (C=O) groups excluding carboxylic acids is 3. The van der Waals surface area contributed by atoms with Crippen LogP contribution in [-0.2, 0) is 14.3 Å². The number of carbonyl (C=O) groups is 3. The first-order valence-electron chi connectivity index (χ1n) is 8.73. The third kappa shape index (κ3) is 5.19. The van der Waals surface area contributed by atoms with Crippen molar-refractivity contribution in [3.63, 3.8) is 0 Å². The highest BCUT2D eigenvalue weighted by atomic mass is 16.6. The average molecular weight is 339 g/mol. The van der Waals surface area contributed by atoms with Crippen LogP contribution in [0, 0.1) is 5.92 Å². The van der Waals surface area contributed by atoms with E-state index in [9.17, 15) is 14.4 Å². The largest absolute Gasteiger partial charge is 0.444 e. The minimum absolute atomic E-state index is 0.0826. The number of rotatable bonds is 3. The molecule has 2 aliphatic heterocycles. The molecule has 136 valence electrons. The Labute approximate surface area is 143 Å². The molecule has 7 nitrogen and oxygen atoms in total. The monoisotopic (exact) mass is 339 g/mol. The van der Waals surface area contributed by atoms with Gasteiger partial charge in [0.2, 0.25) is 11.8 Å². The first kappa shape index (κ1) is 18.7. The molecule has 2 rings (SSSR count). The van der Waals surface area contributed by atoms with Gasteiger partial charge in [-0.3, -0.25) is 14.9 Å². The number of nitrogens with zero attached hydrogens (tertiary/aromatic N) is 1. The van der Waals surface area contributed by atoms with Crippen LogP contribution in [0.25, 0.3) is 0 Å². The summed E-state index contributed by atoms with van der Waals surface area (Å²) in [6.45, 7) is 8.94. The zero-order chi connectivity index (χ0) is 17.9. The van der Waals surface area contributed by atoms with Crippen LogP contribution >= 0.6 is 0 Å². The van der Waals surface area contributed by atoms with Crippen LogP contribution in [-0.4, -0.2) is 53.6 Å². The Kier molecular flexibility index (Phi) is 5.85. The molecule has 0 saturated carbocycles. The molecular formula is C17H29N3O4. The van der Waals surface area contributed by atoms with Gasteiger partial charge in [0.15, 0.2) is 0 Å². The van der Waals surface area contributed by atoms with Crippen LogP contribution in [0.5, 0.6) is 0 Å². The summed E-state index contributed by atoms with van der Waals surface area (Å²) in [4.78, 5) is 37.1. The third-order valence-electron chi connectivity index (χ3n) is 4.52. The predicted molar refractivity (Wildman–Crippen MR) is 89.3 cm³/mol. The normalized spacial score (nSPS) is 26.8. The molecule has 2 aliphatic rings. The maximum absolute atomic E-state index is 12.2. The fourth-order valence-corrected chi connectivity index (χ4v) is 3.22. The van der Waals surface area contributed by atoms with Crippen molar-refractivity contribution in [1.29, 1.82) is 0 Å². The van der Waals surface area contributed by atoms with Gasteiger partial charge >= 0.3 is 6.09 Å². The van der Waals surface area contributed by atoms with Gasteiger partial charge < -0.3 is 15.0 Å². The van der Waals surface area contributed by atoms with Crippen LogP contribution < -0.4 is 10.6 Å². The standard InChI is InChI=1S/C17H29N3O4/c1-11(18-13-7-8-14(21)19-15(13)22)12-6-5-9-20(10-12)16(23)24-17(2,3)4/h11-13,18H,5-10H2,1-4H3,(H,19,21,22). The lowest BCUT2D eigenvalue weighted by Crippen LogP contribution is -2.56. The minimum Gasteiger partial charge on any atom is -0.444 e. The second-order valence-electron chi connectivity index (χ2n) is 7.79. The topological polar surface area (TPSA) is 87.7 Å². The second-order valence-corrected chi connectivity index (χ2v) is 7.79. The molecular weight excluding hydrogens is 310 g/mol. The summed E-state index contributed by atoms with van der Waals surface area (Å²) >= 11 is 0. The molecule has 0 bridgehead atoms. The van der Waals surface area contributed by atoms with Crippen LogP contribution in [0.4, 0.5) is 4.79 Å². The Morgan fingerprint density at radius 2 is 2.04 bits per heavy atom. The van der Waals surface area contributed by atoms with E-state index in [-0.39, 0.29) is 35.9 Å². The van der Waals surface area contributed by atoms with Gasteiger partial charge in [-0.1, -0.05) is 0 Å². The van der Waals surface area contributed by atoms with E-state index in [0.717, 1.165) is 12.8 Å². The number of ether oxygens (including phenoxy) is 1. The number of hydrogen-bond donors (Lipinski definition) is 2. The van der Waals surface area contributed by atoms with Gasteiger partial charge in [0.1, 0.15) is 5.60 Å². The van der Waals surface area contributed by atoms with Crippen molar-refractivity contribution in [3.8, 4) is 0 Å². The van der Waals surface area contributed by atoms with E-state index in [2.05, 4.69) is 10.6 Å². The lowest BCUT2D eigenvalue weighted by molar-refractivity contribution is -0.135. The van der Waals surface area contributed by atoms with E-state index in [4.69, 9.17) is 4.74 Å². The quantitative estimate of drug-likeness (QED) is 0.759. The molecule has 2 fully saturated rings. The van der Waals surface area contributed by atoms with Crippen LogP contribution in [0.15, 0.2) is 0 Å². The smallest absolute Gasteiger partial charge is 0.410 e. The van der Waals surface area contributed by atoms with E-state index in [0.29, 0.717) is 25.9 Å². The van der Waals surface area contributed by atoms with Crippen molar-refractivity contribution in [1.82, 2.24) is 15.5 Å². The summed E-state index contributed by atoms with van der Waals surface area (Å²) in [7, 11) is 0. The Morgan fingerprint density at radius 3 is 2.67 bits per heavy atom. The Balaban J connectivity index is 1.88. The van der Waals surface area contributed by atoms with Crippen LogP contribution in [0.3, 0.4) is 0 Å². The fraction of sp³-hybridized carbons (Fsp3) is 0.824. The Morgan fingerprint density at radius 1 is 1.33 bits per heavy atom. The fourth-order valence-electron chi connectivity index (χ4n) is 3.22. The number of imide groups is 1. The van der Waals surface area contributed by atoms with E-state index < -0.39 is 5.60 Å². The molecule has 3 amide bonds. The maximum Gasteiger partial charge on any atom is 0.410 e. The van der Waals surface area contributed by atoms with Gasteiger partial charge in [-0.05, 0) is 52.9 Å². The van der Waals surface area contributed by atoms with Crippen molar-refractivity contribution >= 4 is 17.9 Å². The Hall–Kier alpha value is -1.63. The van der Waals surface area contributed by atoms with E-state index in [1.807, 2.05) is 27.7 Å². The highest BCUT2D eigenvalue weighted by Gasteiger charge is 2.33. The van der Waals surface area contributed by atoms with Gasteiger partial charge in [-0.25, -0.2) is 4.79 Å². The first-order chi connectivity index (χ1) is 11.2. The molecule has 0 aromatic heterocycles. The number of nitrogens with one attached hydrogen (secondary N) is 2. The number of amides is 3. The van der Waals surface area contributed by atoms with Gasteiger partial charge in [-0.2, -0.15) is 0 Å². The van der Waals surface area contributed by atoms with E-state index in [1.165, 1.54) is 0 Å². The van der Waals surface area contributed by atoms with Crippen molar-refractivity contribution in [2.75, 3.05) is 13.1 Å². The molecule has 0 spiro atoms. The Bertz CT molecular complexity index is 501. The summed E-state index contributed by atoms with van der Waals surface area (Å²) < 4.78 is 5.45. The van der Waals surface area contributed by atoms with Crippen LogP contribution in [0.2, 0.25) is 0 Å². The molecule has 0 aliphatic carbocycles. The maximum atomic E-state index is 12.2. The molecule has 0 radical (unpaired) electrons. The zero-order valence-corrected chi connectivity index (χ0v) is 15.1. The highest BCUT2D eigenvalue weighted by molar-refractivity contribution is 6.00. The number of likely N-dealkylation sites (tertiary alicyclic amines) is 1. The van der Waals surface area contributed by atoms with Gasteiger partial charge in [0.05, 0.1) is 6.04 Å². The van der Waals surface area contributed by atoms with Gasteiger partial charge in [0, 0.05) is 25.6 Å². The zero-order valence-electron chi connectivity index (χ0n) is 15.1. The number of hydrogen-bond acceptors (Lipinski definition) is 5. The third-order valence-corrected chi connectivity index (χ3v) is 4.52. The molecule has 0 aromatic rings. The van der Waals surface area contributed by atoms with Crippen molar-refractivity contribution < 1.29 is 19.1 Å². The molecule has 2 saturated heterocycles. The SMILES string of the molecule is CC(NC1CCC(=O)NC1=O)C1CCCN(C(=O)OC(C)(C)C)C1. The summed E-state index contributed by atoms with van der Waals surface area (Å²) in [6.07, 6.45) is 2.54. The summed E-state index contributed by atoms with van der Waals surface area (Å²) in [5.74, 6) is -0.200. The lowest BCUT2D eigenvalue weighted by Gasteiger charge is -2.38. The minimum atomic E-state index is -0.499. The summed E-state index contributed by atoms with van der Waals surface area (Å²) in [5.41, 5.74) is -0.499. The van der Waals surface area contributed by atoms with Crippen molar-refractivity contribution in [3.05, 3.63) is 0 Å². The molecule has 0 aromatic carbocycles. The lowest BCUT2D eigenvalue weighted by atomic mass is 9.90. The van der Waals surface area contributed by atoms with Gasteiger partial charge in [0.25, 0.3) is 0 Å². The summed E-state index contributed by atoms with van der Waals surface area (Å²) in [6, 6.07) is -0.256. The molecule has 24 heavy (non-hydrogen) atoms.